The lowest BCUT2D eigenvalue weighted by molar-refractivity contribution is 0.103. The summed E-state index contributed by atoms with van der Waals surface area (Å²) in [4.78, 5) is 26.2. The van der Waals surface area contributed by atoms with Crippen LogP contribution in [0.2, 0.25) is 0 Å². The molecule has 3 heteroatoms. The number of aldehydes is 1. The summed E-state index contributed by atoms with van der Waals surface area (Å²) >= 11 is 0. The minimum atomic E-state index is -0.0412. The highest BCUT2D eigenvalue weighted by Crippen LogP contribution is 2.20. The number of rotatable bonds is 3. The van der Waals surface area contributed by atoms with E-state index in [0.717, 1.165) is 17.2 Å². The highest BCUT2D eigenvalue weighted by molar-refractivity contribution is 6.11. The van der Waals surface area contributed by atoms with Gasteiger partial charge in [-0.3, -0.25) is 9.59 Å². The predicted molar refractivity (Wildman–Crippen MR) is 73.6 cm³/mol. The van der Waals surface area contributed by atoms with Crippen LogP contribution in [0.4, 0.5) is 0 Å². The number of ketones is 1. The number of H-pyrrole nitrogens is 1. The molecule has 19 heavy (non-hydrogen) atoms. The molecule has 3 rings (SSSR count). The Bertz CT molecular complexity index is 757. The number of fused-ring (bicyclic) bond motifs is 1. The Morgan fingerprint density at radius 1 is 1.00 bits per heavy atom. The number of aromatic amines is 1. The molecule has 0 unspecified atom stereocenters. The summed E-state index contributed by atoms with van der Waals surface area (Å²) in [5.74, 6) is -0.0412. The summed E-state index contributed by atoms with van der Waals surface area (Å²) < 4.78 is 0. The third-order valence-corrected chi connectivity index (χ3v) is 3.14. The van der Waals surface area contributed by atoms with Crippen LogP contribution in [0.5, 0.6) is 0 Å². The van der Waals surface area contributed by atoms with Crippen molar-refractivity contribution in [1.82, 2.24) is 4.98 Å². The Morgan fingerprint density at radius 3 is 2.53 bits per heavy atom. The standard InChI is InChI=1S/C16H11NO2/c18-10-13-9-17-15-7-6-12(8-14(13)15)16(19)11-4-2-1-3-5-11/h1-10,17H. The molecule has 3 nitrogen and oxygen atoms in total. The first-order valence-corrected chi connectivity index (χ1v) is 5.95. The van der Waals surface area contributed by atoms with E-state index in [-0.39, 0.29) is 5.78 Å². The number of carbonyl (C=O) groups is 2. The van der Waals surface area contributed by atoms with Crippen LogP contribution in [0, 0.1) is 0 Å². The van der Waals surface area contributed by atoms with Gasteiger partial charge in [0.2, 0.25) is 0 Å². The van der Waals surface area contributed by atoms with Crippen LogP contribution in [-0.4, -0.2) is 17.1 Å². The molecule has 1 aromatic heterocycles. The van der Waals surface area contributed by atoms with Crippen LogP contribution >= 0.6 is 0 Å². The molecule has 1 N–H and O–H groups in total. The Labute approximate surface area is 109 Å². The second-order valence-electron chi connectivity index (χ2n) is 4.32. The van der Waals surface area contributed by atoms with Crippen molar-refractivity contribution in [3.8, 4) is 0 Å². The van der Waals surface area contributed by atoms with Crippen LogP contribution in [0.15, 0.2) is 54.7 Å². The van der Waals surface area contributed by atoms with Crippen LogP contribution in [0.3, 0.4) is 0 Å². The molecule has 0 radical (unpaired) electrons. The molecule has 92 valence electrons. The summed E-state index contributed by atoms with van der Waals surface area (Å²) in [5, 5.41) is 0.775. The highest BCUT2D eigenvalue weighted by Gasteiger charge is 2.11. The average molecular weight is 249 g/mol. The first kappa shape index (κ1) is 11.4. The van der Waals surface area contributed by atoms with Crippen molar-refractivity contribution < 1.29 is 9.59 Å². The molecule has 0 aliphatic rings. The lowest BCUT2D eigenvalue weighted by atomic mass is 10.0. The molecular formula is C16H11NO2. The van der Waals surface area contributed by atoms with Crippen LogP contribution in [-0.2, 0) is 0 Å². The Balaban J connectivity index is 2.10. The number of nitrogens with one attached hydrogen (secondary N) is 1. The highest BCUT2D eigenvalue weighted by atomic mass is 16.1. The molecule has 2 aromatic carbocycles. The lowest BCUT2D eigenvalue weighted by Gasteiger charge is -2.01. The van der Waals surface area contributed by atoms with E-state index in [4.69, 9.17) is 0 Å². The summed E-state index contributed by atoms with van der Waals surface area (Å²) in [6.45, 7) is 0. The average Bonchev–Trinajstić information content (AvgIpc) is 2.89. The molecule has 0 saturated heterocycles. The van der Waals surface area contributed by atoms with E-state index in [9.17, 15) is 9.59 Å². The second kappa shape index (κ2) is 4.53. The Morgan fingerprint density at radius 2 is 1.79 bits per heavy atom. The minimum absolute atomic E-state index is 0.0412. The van der Waals surface area contributed by atoms with Gasteiger partial charge in [-0.05, 0) is 18.2 Å². The number of hydrogen-bond donors (Lipinski definition) is 1. The maximum Gasteiger partial charge on any atom is 0.193 e. The summed E-state index contributed by atoms with van der Waals surface area (Å²) in [6, 6.07) is 14.4. The zero-order valence-corrected chi connectivity index (χ0v) is 10.1. The van der Waals surface area contributed by atoms with Crippen LogP contribution < -0.4 is 0 Å². The maximum absolute atomic E-state index is 12.3. The third-order valence-electron chi connectivity index (χ3n) is 3.14. The maximum atomic E-state index is 12.3. The fourth-order valence-corrected chi connectivity index (χ4v) is 2.14. The molecule has 0 amide bonds. The van der Waals surface area contributed by atoms with Gasteiger partial charge in [0.15, 0.2) is 12.1 Å². The SMILES string of the molecule is O=Cc1c[nH]c2ccc(C(=O)c3ccccc3)cc12. The van der Waals surface area contributed by atoms with Crippen molar-refractivity contribution in [2.45, 2.75) is 0 Å². The molecule has 0 atom stereocenters. The van der Waals surface area contributed by atoms with Crippen LogP contribution in [0.25, 0.3) is 10.9 Å². The predicted octanol–water partition coefficient (Wildman–Crippen LogP) is 3.21. The van der Waals surface area contributed by atoms with Crippen LogP contribution in [0.1, 0.15) is 26.3 Å². The van der Waals surface area contributed by atoms with Gasteiger partial charge in [-0.1, -0.05) is 30.3 Å². The Hall–Kier alpha value is -2.68. The number of aromatic nitrogens is 1. The van der Waals surface area contributed by atoms with Gasteiger partial charge < -0.3 is 4.98 Å². The quantitative estimate of drug-likeness (QED) is 0.572. The van der Waals surface area contributed by atoms with Crippen molar-refractivity contribution in [2.24, 2.45) is 0 Å². The molecule has 0 bridgehead atoms. The first-order chi connectivity index (χ1) is 9.29. The van der Waals surface area contributed by atoms with Crippen molar-refractivity contribution in [2.75, 3.05) is 0 Å². The van der Waals surface area contributed by atoms with E-state index >= 15 is 0 Å². The van der Waals surface area contributed by atoms with Crippen molar-refractivity contribution in [1.29, 1.82) is 0 Å². The molecule has 3 aromatic rings. The first-order valence-electron chi connectivity index (χ1n) is 5.95. The van der Waals surface area contributed by atoms with E-state index < -0.39 is 0 Å². The van der Waals surface area contributed by atoms with Crippen molar-refractivity contribution >= 4 is 23.0 Å². The minimum Gasteiger partial charge on any atom is -0.360 e. The third kappa shape index (κ3) is 1.95. The fourth-order valence-electron chi connectivity index (χ4n) is 2.14. The molecule has 0 aliphatic carbocycles. The lowest BCUT2D eigenvalue weighted by Crippen LogP contribution is -2.00. The Kier molecular flexibility index (Phi) is 2.72. The summed E-state index contributed by atoms with van der Waals surface area (Å²) in [6.07, 6.45) is 2.43. The second-order valence-corrected chi connectivity index (χ2v) is 4.32. The molecule has 1 heterocycles. The zero-order chi connectivity index (χ0) is 13.2. The topological polar surface area (TPSA) is 49.9 Å². The van der Waals surface area contributed by atoms with E-state index in [2.05, 4.69) is 4.98 Å². The molecular weight excluding hydrogens is 238 g/mol. The monoisotopic (exact) mass is 249 g/mol. The van der Waals surface area contributed by atoms with Gasteiger partial charge in [0.05, 0.1) is 0 Å². The fraction of sp³-hybridized carbons (Fsp3) is 0. The molecule has 0 saturated carbocycles. The number of hydrogen-bond acceptors (Lipinski definition) is 2. The van der Waals surface area contributed by atoms with Gasteiger partial charge >= 0.3 is 0 Å². The van der Waals surface area contributed by atoms with Crippen molar-refractivity contribution in [3.05, 3.63) is 71.4 Å². The molecule has 0 fully saturated rings. The van der Waals surface area contributed by atoms with E-state index in [1.165, 1.54) is 0 Å². The zero-order valence-electron chi connectivity index (χ0n) is 10.1. The number of carbonyl (C=O) groups excluding carboxylic acids is 2. The largest absolute Gasteiger partial charge is 0.360 e. The van der Waals surface area contributed by atoms with E-state index in [1.54, 1.807) is 30.5 Å². The van der Waals surface area contributed by atoms with Gasteiger partial charge in [-0.25, -0.2) is 0 Å². The summed E-state index contributed by atoms with van der Waals surface area (Å²) in [7, 11) is 0. The van der Waals surface area contributed by atoms with Gasteiger partial charge in [0.1, 0.15) is 0 Å². The smallest absolute Gasteiger partial charge is 0.193 e. The normalized spacial score (nSPS) is 10.5. The molecule has 0 spiro atoms. The van der Waals surface area contributed by atoms with Crippen molar-refractivity contribution in [3.63, 3.8) is 0 Å². The van der Waals surface area contributed by atoms with Gasteiger partial charge in [0, 0.05) is 33.8 Å². The van der Waals surface area contributed by atoms with E-state index in [0.29, 0.717) is 16.7 Å². The summed E-state index contributed by atoms with van der Waals surface area (Å²) in [5.41, 5.74) is 2.65. The van der Waals surface area contributed by atoms with E-state index in [1.807, 2.05) is 24.3 Å². The van der Waals surface area contributed by atoms with Gasteiger partial charge in [-0.15, -0.1) is 0 Å². The van der Waals surface area contributed by atoms with Gasteiger partial charge in [0.25, 0.3) is 0 Å². The number of benzene rings is 2. The molecule has 0 aliphatic heterocycles. The van der Waals surface area contributed by atoms with Gasteiger partial charge in [-0.2, -0.15) is 0 Å².